The third-order valence-electron chi connectivity index (χ3n) is 6.18. The zero-order valence-corrected chi connectivity index (χ0v) is 23.2. The molecule has 0 amide bonds. The Hall–Kier alpha value is -1.13. The van der Waals surface area contributed by atoms with Crippen molar-refractivity contribution in [2.75, 3.05) is 26.5 Å². The van der Waals surface area contributed by atoms with Crippen molar-refractivity contribution >= 4 is 23.3 Å². The molecule has 33 heavy (non-hydrogen) atoms. The van der Waals surface area contributed by atoms with Gasteiger partial charge in [0.15, 0.2) is 0 Å². The van der Waals surface area contributed by atoms with Gasteiger partial charge in [0, 0.05) is 24.4 Å². The SMILES string of the molecule is CCOP(C)(=O)C[C@H](c1cccc(OCc2ccc(Br)c([C@@H](OC)C(C)(C)C)c2)c1)C1CC1. The third-order valence-corrected chi connectivity index (χ3v) is 8.76. The molecule has 1 saturated carbocycles. The Morgan fingerprint density at radius 2 is 1.88 bits per heavy atom. The highest BCUT2D eigenvalue weighted by Gasteiger charge is 2.36. The summed E-state index contributed by atoms with van der Waals surface area (Å²) in [6, 6.07) is 14.6. The minimum atomic E-state index is -2.60. The van der Waals surface area contributed by atoms with E-state index in [-0.39, 0.29) is 17.4 Å². The number of methoxy groups -OCH3 is 1. The quantitative estimate of drug-likeness (QED) is 0.271. The lowest BCUT2D eigenvalue weighted by molar-refractivity contribution is 0.0146. The van der Waals surface area contributed by atoms with Crippen LogP contribution in [0.15, 0.2) is 46.9 Å². The average molecular weight is 537 g/mol. The highest BCUT2D eigenvalue weighted by molar-refractivity contribution is 9.10. The number of hydrogen-bond donors (Lipinski definition) is 0. The van der Waals surface area contributed by atoms with Crippen molar-refractivity contribution in [3.05, 3.63) is 63.6 Å². The van der Waals surface area contributed by atoms with E-state index in [2.05, 4.69) is 67.0 Å². The summed E-state index contributed by atoms with van der Waals surface area (Å²) in [5, 5.41) is 0. The highest BCUT2D eigenvalue weighted by atomic mass is 79.9. The summed E-state index contributed by atoms with van der Waals surface area (Å²) in [5.74, 6) is 1.68. The van der Waals surface area contributed by atoms with E-state index in [1.54, 1.807) is 13.8 Å². The normalized spacial score (nSPS) is 17.9. The van der Waals surface area contributed by atoms with Crippen LogP contribution < -0.4 is 4.74 Å². The number of benzene rings is 2. The molecule has 3 rings (SSSR count). The lowest BCUT2D eigenvalue weighted by atomic mass is 9.84. The first-order valence-electron chi connectivity index (χ1n) is 11.8. The first-order valence-corrected chi connectivity index (χ1v) is 14.8. The molecule has 2 aromatic carbocycles. The Bertz CT molecular complexity index is 980. The Labute approximate surface area is 208 Å². The summed E-state index contributed by atoms with van der Waals surface area (Å²) in [7, 11) is -0.842. The summed E-state index contributed by atoms with van der Waals surface area (Å²) in [5.41, 5.74) is 3.39. The molecular formula is C27H38BrO4P. The Balaban J connectivity index is 1.75. The van der Waals surface area contributed by atoms with Gasteiger partial charge in [-0.05, 0) is 78.0 Å². The first kappa shape index (κ1) is 26.5. The van der Waals surface area contributed by atoms with Crippen LogP contribution in [0, 0.1) is 11.3 Å². The van der Waals surface area contributed by atoms with Gasteiger partial charge in [-0.15, -0.1) is 0 Å². The number of rotatable bonds is 11. The van der Waals surface area contributed by atoms with Crippen LogP contribution in [0.2, 0.25) is 0 Å². The smallest absolute Gasteiger partial charge is 0.200 e. The Morgan fingerprint density at radius 1 is 1.15 bits per heavy atom. The van der Waals surface area contributed by atoms with E-state index in [4.69, 9.17) is 14.0 Å². The molecule has 0 bridgehead atoms. The lowest BCUT2D eigenvalue weighted by Crippen LogP contribution is -2.20. The molecule has 0 heterocycles. The van der Waals surface area contributed by atoms with E-state index in [9.17, 15) is 4.57 Å². The first-order chi connectivity index (χ1) is 15.5. The van der Waals surface area contributed by atoms with E-state index < -0.39 is 7.37 Å². The second-order valence-electron chi connectivity index (χ2n) is 10.3. The molecule has 0 aliphatic heterocycles. The molecule has 1 fully saturated rings. The molecular weight excluding hydrogens is 499 g/mol. The van der Waals surface area contributed by atoms with Crippen molar-refractivity contribution < 1.29 is 18.6 Å². The van der Waals surface area contributed by atoms with Crippen LogP contribution in [0.25, 0.3) is 0 Å². The van der Waals surface area contributed by atoms with Gasteiger partial charge in [0.05, 0.1) is 12.7 Å². The van der Waals surface area contributed by atoms with Crippen LogP contribution >= 0.6 is 23.3 Å². The van der Waals surface area contributed by atoms with E-state index >= 15 is 0 Å². The zero-order valence-electron chi connectivity index (χ0n) is 20.8. The fraction of sp³-hybridized carbons (Fsp3) is 0.556. The summed E-state index contributed by atoms with van der Waals surface area (Å²) < 4.78 is 31.5. The van der Waals surface area contributed by atoms with Crippen LogP contribution in [0.1, 0.15) is 69.2 Å². The molecule has 182 valence electrons. The van der Waals surface area contributed by atoms with Crippen molar-refractivity contribution in [1.82, 2.24) is 0 Å². The summed E-state index contributed by atoms with van der Waals surface area (Å²) in [4.78, 5) is 0. The van der Waals surface area contributed by atoms with Crippen molar-refractivity contribution in [2.24, 2.45) is 11.3 Å². The molecule has 1 aliphatic rings. The molecule has 0 saturated heterocycles. The van der Waals surface area contributed by atoms with Gasteiger partial charge >= 0.3 is 0 Å². The van der Waals surface area contributed by atoms with Crippen LogP contribution in [-0.4, -0.2) is 26.5 Å². The standard InChI is InChI=1S/C27H38BrO4P/c1-7-32-33(6,29)18-24(20-12-13-20)21-9-8-10-22(16-21)31-17-19-11-14-25(28)23(15-19)26(30-5)27(2,3)4/h8-11,14-16,20,24,26H,7,12-13,17-18H2,1-6H3/t24-,26+,33?/m0/s1. The van der Waals surface area contributed by atoms with E-state index in [1.807, 2.05) is 19.1 Å². The molecule has 6 heteroatoms. The van der Waals surface area contributed by atoms with E-state index in [1.165, 1.54) is 18.4 Å². The van der Waals surface area contributed by atoms with Gasteiger partial charge in [-0.2, -0.15) is 0 Å². The van der Waals surface area contributed by atoms with Crippen LogP contribution in [0.5, 0.6) is 5.75 Å². The average Bonchev–Trinajstić information content (AvgIpc) is 3.57. The van der Waals surface area contributed by atoms with Gasteiger partial charge in [0.1, 0.15) is 12.4 Å². The van der Waals surface area contributed by atoms with Crippen LogP contribution in [-0.2, 0) is 20.4 Å². The maximum atomic E-state index is 12.9. The monoisotopic (exact) mass is 536 g/mol. The molecule has 3 atom stereocenters. The van der Waals surface area contributed by atoms with Crippen molar-refractivity contribution in [3.63, 3.8) is 0 Å². The summed E-state index contributed by atoms with van der Waals surface area (Å²) in [6.45, 7) is 11.2. The minimum Gasteiger partial charge on any atom is -0.489 e. The van der Waals surface area contributed by atoms with Crippen LogP contribution in [0.3, 0.4) is 0 Å². The van der Waals surface area contributed by atoms with Crippen molar-refractivity contribution in [3.8, 4) is 5.75 Å². The van der Waals surface area contributed by atoms with Crippen LogP contribution in [0.4, 0.5) is 0 Å². The topological polar surface area (TPSA) is 44.8 Å². The number of hydrogen-bond acceptors (Lipinski definition) is 4. The lowest BCUT2D eigenvalue weighted by Gasteiger charge is -2.30. The van der Waals surface area contributed by atoms with Gasteiger partial charge < -0.3 is 14.0 Å². The molecule has 4 nitrogen and oxygen atoms in total. The predicted octanol–water partition coefficient (Wildman–Crippen LogP) is 8.20. The second kappa shape index (κ2) is 11.1. The molecule has 1 aliphatic carbocycles. The molecule has 0 N–H and O–H groups in total. The van der Waals surface area contributed by atoms with Gasteiger partial charge in [-0.3, -0.25) is 4.57 Å². The Morgan fingerprint density at radius 3 is 2.48 bits per heavy atom. The fourth-order valence-electron chi connectivity index (χ4n) is 4.54. The second-order valence-corrected chi connectivity index (χ2v) is 13.8. The highest BCUT2D eigenvalue weighted by Crippen LogP contribution is 2.53. The molecule has 1 unspecified atom stereocenters. The van der Waals surface area contributed by atoms with E-state index in [0.717, 1.165) is 21.3 Å². The summed E-state index contributed by atoms with van der Waals surface area (Å²) in [6.07, 6.45) is 2.95. The van der Waals surface area contributed by atoms with Crippen molar-refractivity contribution in [2.45, 2.75) is 59.2 Å². The molecule has 2 aromatic rings. The number of halogens is 1. The zero-order chi connectivity index (χ0) is 24.2. The maximum absolute atomic E-state index is 12.9. The minimum absolute atomic E-state index is 0.0236. The predicted molar refractivity (Wildman–Crippen MR) is 140 cm³/mol. The van der Waals surface area contributed by atoms with Crippen molar-refractivity contribution in [1.29, 1.82) is 0 Å². The van der Waals surface area contributed by atoms with Gasteiger partial charge in [0.2, 0.25) is 7.37 Å². The third kappa shape index (κ3) is 7.42. The fourth-order valence-corrected chi connectivity index (χ4v) is 6.87. The molecule has 0 radical (unpaired) electrons. The summed E-state index contributed by atoms with van der Waals surface area (Å²) >= 11 is 3.69. The van der Waals surface area contributed by atoms with Gasteiger partial charge in [-0.25, -0.2) is 0 Å². The maximum Gasteiger partial charge on any atom is 0.200 e. The number of ether oxygens (including phenoxy) is 2. The van der Waals surface area contributed by atoms with Gasteiger partial charge in [0.25, 0.3) is 0 Å². The molecule has 0 aromatic heterocycles. The van der Waals surface area contributed by atoms with Gasteiger partial charge in [-0.1, -0.05) is 54.9 Å². The largest absolute Gasteiger partial charge is 0.489 e. The van der Waals surface area contributed by atoms with E-state index in [0.29, 0.717) is 25.3 Å². The Kier molecular flexibility index (Phi) is 8.88. The molecule has 0 spiro atoms.